The van der Waals surface area contributed by atoms with Crippen LogP contribution in [0.3, 0.4) is 0 Å². The molecule has 1 aliphatic rings. The summed E-state index contributed by atoms with van der Waals surface area (Å²) in [6, 6.07) is 5.94. The monoisotopic (exact) mass is 289 g/mol. The fourth-order valence-corrected chi connectivity index (χ4v) is 2.87. The van der Waals surface area contributed by atoms with E-state index in [1.807, 2.05) is 23.1 Å². The molecule has 1 aliphatic heterocycles. The van der Waals surface area contributed by atoms with E-state index in [1.165, 1.54) is 12.8 Å². The van der Waals surface area contributed by atoms with Crippen molar-refractivity contribution in [3.05, 3.63) is 23.9 Å². The third kappa shape index (κ3) is 4.45. The number of carbonyl (C=O) groups excluding carboxylic acids is 1. The van der Waals surface area contributed by atoms with Gasteiger partial charge in [-0.3, -0.25) is 4.79 Å². The second-order valence-corrected chi connectivity index (χ2v) is 6.20. The first-order valence-corrected chi connectivity index (χ1v) is 8.13. The minimum atomic E-state index is 0.0687. The molecule has 4 heteroatoms. The Morgan fingerprint density at radius 2 is 2.19 bits per heavy atom. The van der Waals surface area contributed by atoms with E-state index in [2.05, 4.69) is 31.1 Å². The molecule has 0 saturated carbocycles. The number of anilines is 1. The second-order valence-electron chi connectivity index (χ2n) is 6.20. The lowest BCUT2D eigenvalue weighted by Crippen LogP contribution is -2.32. The van der Waals surface area contributed by atoms with Crippen LogP contribution in [0.4, 0.5) is 5.82 Å². The summed E-state index contributed by atoms with van der Waals surface area (Å²) in [5.74, 6) is 1.61. The van der Waals surface area contributed by atoms with Gasteiger partial charge < -0.3 is 10.2 Å². The summed E-state index contributed by atoms with van der Waals surface area (Å²) >= 11 is 0. The number of likely N-dealkylation sites (tertiary alicyclic amines) is 1. The Kier molecular flexibility index (Phi) is 5.59. The van der Waals surface area contributed by atoms with E-state index < -0.39 is 0 Å². The number of amides is 1. The number of rotatable bonds is 4. The maximum Gasteiger partial charge on any atom is 0.272 e. The molecule has 1 N–H and O–H groups in total. The predicted octanol–water partition coefficient (Wildman–Crippen LogP) is 3.55. The molecule has 1 unspecified atom stereocenters. The molecule has 1 amide bonds. The first kappa shape index (κ1) is 15.8. The Labute approximate surface area is 127 Å². The highest BCUT2D eigenvalue weighted by Gasteiger charge is 2.21. The summed E-state index contributed by atoms with van der Waals surface area (Å²) in [4.78, 5) is 19.0. The first-order valence-electron chi connectivity index (χ1n) is 8.13. The highest BCUT2D eigenvalue weighted by atomic mass is 16.2. The highest BCUT2D eigenvalue weighted by Crippen LogP contribution is 2.21. The summed E-state index contributed by atoms with van der Waals surface area (Å²) in [6.07, 6.45) is 4.68. The largest absolute Gasteiger partial charge is 0.368 e. The number of carbonyl (C=O) groups is 1. The molecule has 21 heavy (non-hydrogen) atoms. The van der Waals surface area contributed by atoms with Crippen LogP contribution >= 0.6 is 0 Å². The molecule has 1 saturated heterocycles. The van der Waals surface area contributed by atoms with Gasteiger partial charge in [0.2, 0.25) is 0 Å². The Morgan fingerprint density at radius 1 is 1.38 bits per heavy atom. The number of hydrogen-bond donors (Lipinski definition) is 1. The van der Waals surface area contributed by atoms with Crippen LogP contribution in [0, 0.1) is 5.92 Å². The highest BCUT2D eigenvalue weighted by molar-refractivity contribution is 5.92. The zero-order valence-electron chi connectivity index (χ0n) is 13.4. The van der Waals surface area contributed by atoms with Gasteiger partial charge in [-0.05, 0) is 51.2 Å². The van der Waals surface area contributed by atoms with E-state index in [0.29, 0.717) is 11.7 Å². The van der Waals surface area contributed by atoms with Crippen molar-refractivity contribution >= 4 is 11.7 Å². The minimum absolute atomic E-state index is 0.0687. The lowest BCUT2D eigenvalue weighted by Gasteiger charge is -2.20. The molecular weight excluding hydrogens is 262 g/mol. The molecule has 2 rings (SSSR count). The fraction of sp³-hybridized carbons (Fsp3) is 0.647. The van der Waals surface area contributed by atoms with Crippen LogP contribution in [0.25, 0.3) is 0 Å². The van der Waals surface area contributed by atoms with Gasteiger partial charge in [-0.1, -0.05) is 19.4 Å². The van der Waals surface area contributed by atoms with Gasteiger partial charge in [-0.15, -0.1) is 0 Å². The predicted molar refractivity (Wildman–Crippen MR) is 86.5 cm³/mol. The second kappa shape index (κ2) is 7.43. The van der Waals surface area contributed by atoms with Crippen molar-refractivity contribution in [1.82, 2.24) is 9.88 Å². The first-order chi connectivity index (χ1) is 10.1. The van der Waals surface area contributed by atoms with Crippen LogP contribution < -0.4 is 5.32 Å². The van der Waals surface area contributed by atoms with Crippen LogP contribution in [0.15, 0.2) is 18.2 Å². The van der Waals surface area contributed by atoms with Crippen LogP contribution in [-0.4, -0.2) is 34.9 Å². The summed E-state index contributed by atoms with van der Waals surface area (Å²) in [6.45, 7) is 8.09. The third-order valence-corrected chi connectivity index (χ3v) is 4.12. The SMILES string of the molecule is CCC1CCCN(C(=O)c2cccc(NC(C)C)n2)CC1. The van der Waals surface area contributed by atoms with Crippen molar-refractivity contribution in [2.45, 2.75) is 52.5 Å². The van der Waals surface area contributed by atoms with Gasteiger partial charge in [0, 0.05) is 19.1 Å². The van der Waals surface area contributed by atoms with Crippen molar-refractivity contribution in [3.63, 3.8) is 0 Å². The Hall–Kier alpha value is -1.58. The van der Waals surface area contributed by atoms with Crippen LogP contribution in [0.1, 0.15) is 56.9 Å². The lowest BCUT2D eigenvalue weighted by molar-refractivity contribution is 0.0754. The Balaban J connectivity index is 2.05. The quantitative estimate of drug-likeness (QED) is 0.922. The molecule has 0 spiro atoms. The van der Waals surface area contributed by atoms with Crippen molar-refractivity contribution in [3.8, 4) is 0 Å². The normalized spacial score (nSPS) is 19.4. The minimum Gasteiger partial charge on any atom is -0.368 e. The smallest absolute Gasteiger partial charge is 0.272 e. The Morgan fingerprint density at radius 3 is 2.90 bits per heavy atom. The Bertz CT molecular complexity index is 473. The van der Waals surface area contributed by atoms with Crippen molar-refractivity contribution < 1.29 is 4.79 Å². The summed E-state index contributed by atoms with van der Waals surface area (Å²) in [5.41, 5.74) is 0.551. The zero-order valence-corrected chi connectivity index (χ0v) is 13.4. The molecule has 1 fully saturated rings. The van der Waals surface area contributed by atoms with E-state index in [0.717, 1.165) is 37.7 Å². The molecule has 0 bridgehead atoms. The number of pyridine rings is 1. The van der Waals surface area contributed by atoms with Crippen molar-refractivity contribution in [2.75, 3.05) is 18.4 Å². The lowest BCUT2D eigenvalue weighted by atomic mass is 9.98. The molecule has 1 aromatic rings. The van der Waals surface area contributed by atoms with Gasteiger partial charge in [-0.25, -0.2) is 4.98 Å². The number of nitrogens with zero attached hydrogens (tertiary/aromatic N) is 2. The molecule has 0 aliphatic carbocycles. The molecule has 116 valence electrons. The van der Waals surface area contributed by atoms with E-state index in [-0.39, 0.29) is 5.91 Å². The number of nitrogens with one attached hydrogen (secondary N) is 1. The number of aromatic nitrogens is 1. The maximum atomic E-state index is 12.6. The van der Waals surface area contributed by atoms with Crippen molar-refractivity contribution in [1.29, 1.82) is 0 Å². The van der Waals surface area contributed by atoms with Crippen LogP contribution in [0.2, 0.25) is 0 Å². The summed E-state index contributed by atoms with van der Waals surface area (Å²) < 4.78 is 0. The standard InChI is InChI=1S/C17H27N3O/c1-4-14-7-6-11-20(12-10-14)17(21)15-8-5-9-16(19-15)18-13(2)3/h5,8-9,13-14H,4,6-7,10-12H2,1-3H3,(H,18,19). The van der Waals surface area contributed by atoms with E-state index in [9.17, 15) is 4.79 Å². The number of hydrogen-bond acceptors (Lipinski definition) is 3. The molecule has 4 nitrogen and oxygen atoms in total. The molecule has 0 aromatic carbocycles. The molecule has 1 atom stereocenters. The molecule has 2 heterocycles. The van der Waals surface area contributed by atoms with Gasteiger partial charge in [0.05, 0.1) is 0 Å². The van der Waals surface area contributed by atoms with E-state index in [1.54, 1.807) is 0 Å². The molecule has 1 aromatic heterocycles. The summed E-state index contributed by atoms with van der Waals surface area (Å²) in [7, 11) is 0. The van der Waals surface area contributed by atoms with Gasteiger partial charge >= 0.3 is 0 Å². The van der Waals surface area contributed by atoms with E-state index >= 15 is 0 Å². The van der Waals surface area contributed by atoms with Gasteiger partial charge in [0.15, 0.2) is 0 Å². The van der Waals surface area contributed by atoms with Crippen LogP contribution in [0.5, 0.6) is 0 Å². The van der Waals surface area contributed by atoms with Gasteiger partial charge in [-0.2, -0.15) is 0 Å². The van der Waals surface area contributed by atoms with Gasteiger partial charge in [0.25, 0.3) is 5.91 Å². The molecule has 0 radical (unpaired) electrons. The maximum absolute atomic E-state index is 12.6. The average molecular weight is 289 g/mol. The van der Waals surface area contributed by atoms with Crippen LogP contribution in [-0.2, 0) is 0 Å². The topological polar surface area (TPSA) is 45.2 Å². The van der Waals surface area contributed by atoms with E-state index in [4.69, 9.17) is 0 Å². The zero-order chi connectivity index (χ0) is 15.2. The third-order valence-electron chi connectivity index (χ3n) is 4.12. The van der Waals surface area contributed by atoms with Crippen molar-refractivity contribution in [2.24, 2.45) is 5.92 Å². The average Bonchev–Trinajstić information content (AvgIpc) is 2.71. The molecular formula is C17H27N3O. The summed E-state index contributed by atoms with van der Waals surface area (Å²) in [5, 5.41) is 3.25. The fourth-order valence-electron chi connectivity index (χ4n) is 2.87. The van der Waals surface area contributed by atoms with Gasteiger partial charge in [0.1, 0.15) is 11.5 Å².